The number of aryl methyl sites for hydroxylation is 1. The fourth-order valence-corrected chi connectivity index (χ4v) is 3.90. The number of piperazine rings is 1. The standard InChI is InChI=1S/C21H28N4O/c1-24-12-14-25(15-13-24)21-18-6-4-3-5-7-19(18)22-20(23-21)16-8-10-17(26-2)11-9-16/h8-11H,3-7,12-15H2,1-2H3. The van der Waals surface area contributed by atoms with Crippen LogP contribution in [0.4, 0.5) is 5.82 Å². The van der Waals surface area contributed by atoms with Crippen LogP contribution in [0, 0.1) is 0 Å². The third-order valence-electron chi connectivity index (χ3n) is 5.56. The molecule has 2 aliphatic rings. The van der Waals surface area contributed by atoms with Gasteiger partial charge in [-0.2, -0.15) is 0 Å². The molecular formula is C21H28N4O. The Labute approximate surface area is 156 Å². The quantitative estimate of drug-likeness (QED) is 0.794. The van der Waals surface area contributed by atoms with E-state index < -0.39 is 0 Å². The average molecular weight is 352 g/mol. The molecule has 0 spiro atoms. The zero-order valence-electron chi connectivity index (χ0n) is 15.9. The van der Waals surface area contributed by atoms with Crippen LogP contribution in [0.3, 0.4) is 0 Å². The lowest BCUT2D eigenvalue weighted by Gasteiger charge is -2.34. The van der Waals surface area contributed by atoms with Crippen LogP contribution in [-0.4, -0.2) is 55.2 Å². The molecule has 0 unspecified atom stereocenters. The average Bonchev–Trinajstić information content (AvgIpc) is 2.93. The number of aromatic nitrogens is 2. The predicted molar refractivity (Wildman–Crippen MR) is 105 cm³/mol. The minimum absolute atomic E-state index is 0.849. The highest BCUT2D eigenvalue weighted by atomic mass is 16.5. The first-order chi connectivity index (χ1) is 12.7. The molecule has 26 heavy (non-hydrogen) atoms. The Bertz CT molecular complexity index is 751. The van der Waals surface area contributed by atoms with Crippen LogP contribution in [0.5, 0.6) is 5.75 Å². The van der Waals surface area contributed by atoms with E-state index in [2.05, 4.69) is 29.0 Å². The fraction of sp³-hybridized carbons (Fsp3) is 0.524. The van der Waals surface area contributed by atoms with Gasteiger partial charge in [0.15, 0.2) is 5.82 Å². The van der Waals surface area contributed by atoms with Gasteiger partial charge in [0, 0.05) is 43.0 Å². The van der Waals surface area contributed by atoms with Gasteiger partial charge in [0.25, 0.3) is 0 Å². The van der Waals surface area contributed by atoms with Crippen molar-refractivity contribution < 1.29 is 4.74 Å². The van der Waals surface area contributed by atoms with E-state index >= 15 is 0 Å². The summed E-state index contributed by atoms with van der Waals surface area (Å²) in [7, 11) is 3.89. The number of fused-ring (bicyclic) bond motifs is 1. The van der Waals surface area contributed by atoms with Crippen molar-refractivity contribution in [2.24, 2.45) is 0 Å². The number of likely N-dealkylation sites (N-methyl/N-ethyl adjacent to an activating group) is 1. The van der Waals surface area contributed by atoms with Crippen LogP contribution in [0.1, 0.15) is 30.5 Å². The summed E-state index contributed by atoms with van der Waals surface area (Å²) >= 11 is 0. The highest BCUT2D eigenvalue weighted by Gasteiger charge is 2.23. The minimum atomic E-state index is 0.849. The van der Waals surface area contributed by atoms with Crippen molar-refractivity contribution in [2.45, 2.75) is 32.1 Å². The number of hydrogen-bond donors (Lipinski definition) is 0. The Kier molecular flexibility index (Phi) is 5.07. The summed E-state index contributed by atoms with van der Waals surface area (Å²) in [6.07, 6.45) is 5.95. The number of hydrogen-bond acceptors (Lipinski definition) is 5. The number of benzene rings is 1. The molecule has 0 atom stereocenters. The van der Waals surface area contributed by atoms with Crippen molar-refractivity contribution in [1.82, 2.24) is 14.9 Å². The van der Waals surface area contributed by atoms with Gasteiger partial charge in [-0.05, 0) is 57.0 Å². The summed E-state index contributed by atoms with van der Waals surface area (Å²) in [6.45, 7) is 4.28. The van der Waals surface area contributed by atoms with Crippen molar-refractivity contribution in [3.8, 4) is 17.1 Å². The van der Waals surface area contributed by atoms with E-state index in [1.165, 1.54) is 36.3 Å². The SMILES string of the molecule is COc1ccc(-c2nc3c(c(N4CCN(C)CC4)n2)CCCCC3)cc1. The molecule has 5 heteroatoms. The molecule has 1 fully saturated rings. The highest BCUT2D eigenvalue weighted by molar-refractivity contribution is 5.62. The second-order valence-corrected chi connectivity index (χ2v) is 7.38. The molecule has 1 saturated heterocycles. The van der Waals surface area contributed by atoms with Gasteiger partial charge in [-0.3, -0.25) is 0 Å². The third kappa shape index (κ3) is 3.54. The lowest BCUT2D eigenvalue weighted by Crippen LogP contribution is -2.45. The lowest BCUT2D eigenvalue weighted by molar-refractivity contribution is 0.311. The van der Waals surface area contributed by atoms with Crippen LogP contribution in [0.15, 0.2) is 24.3 Å². The van der Waals surface area contributed by atoms with Crippen molar-refractivity contribution in [3.63, 3.8) is 0 Å². The van der Waals surface area contributed by atoms with Crippen molar-refractivity contribution >= 4 is 5.82 Å². The normalized spacial score (nSPS) is 18.3. The molecule has 1 aliphatic carbocycles. The summed E-state index contributed by atoms with van der Waals surface area (Å²) in [5.41, 5.74) is 3.72. The maximum Gasteiger partial charge on any atom is 0.161 e. The van der Waals surface area contributed by atoms with E-state index in [0.717, 1.165) is 56.2 Å². The number of rotatable bonds is 3. The molecular weight excluding hydrogens is 324 g/mol. The summed E-state index contributed by atoms with van der Waals surface area (Å²) in [5.74, 6) is 2.89. The van der Waals surface area contributed by atoms with E-state index in [0.29, 0.717) is 0 Å². The molecule has 1 aliphatic heterocycles. The Morgan fingerprint density at radius 3 is 2.35 bits per heavy atom. The summed E-state index contributed by atoms with van der Waals surface area (Å²) in [5, 5.41) is 0. The van der Waals surface area contributed by atoms with Gasteiger partial charge in [0.2, 0.25) is 0 Å². The van der Waals surface area contributed by atoms with Gasteiger partial charge in [0.1, 0.15) is 11.6 Å². The van der Waals surface area contributed by atoms with Gasteiger partial charge < -0.3 is 14.5 Å². The van der Waals surface area contributed by atoms with E-state index in [4.69, 9.17) is 14.7 Å². The summed E-state index contributed by atoms with van der Waals surface area (Å²) in [4.78, 5) is 14.9. The van der Waals surface area contributed by atoms with Gasteiger partial charge in [-0.15, -0.1) is 0 Å². The van der Waals surface area contributed by atoms with Crippen molar-refractivity contribution in [1.29, 1.82) is 0 Å². The Balaban J connectivity index is 1.75. The first-order valence-corrected chi connectivity index (χ1v) is 9.72. The van der Waals surface area contributed by atoms with E-state index in [1.807, 2.05) is 12.1 Å². The first kappa shape index (κ1) is 17.3. The highest BCUT2D eigenvalue weighted by Crippen LogP contribution is 2.31. The molecule has 0 radical (unpaired) electrons. The maximum absolute atomic E-state index is 5.29. The zero-order valence-corrected chi connectivity index (χ0v) is 15.9. The van der Waals surface area contributed by atoms with E-state index in [9.17, 15) is 0 Å². The minimum Gasteiger partial charge on any atom is -0.497 e. The van der Waals surface area contributed by atoms with Gasteiger partial charge >= 0.3 is 0 Å². The molecule has 0 amide bonds. The molecule has 138 valence electrons. The molecule has 2 aromatic rings. The monoisotopic (exact) mass is 352 g/mol. The molecule has 0 N–H and O–H groups in total. The van der Waals surface area contributed by atoms with Gasteiger partial charge in [0.05, 0.1) is 7.11 Å². The molecule has 0 bridgehead atoms. The second kappa shape index (κ2) is 7.62. The molecule has 2 heterocycles. The van der Waals surface area contributed by atoms with Crippen LogP contribution >= 0.6 is 0 Å². The Morgan fingerprint density at radius 1 is 0.885 bits per heavy atom. The topological polar surface area (TPSA) is 41.5 Å². The molecule has 5 nitrogen and oxygen atoms in total. The number of ether oxygens (including phenoxy) is 1. The van der Waals surface area contributed by atoms with Crippen molar-refractivity contribution in [3.05, 3.63) is 35.5 Å². The Morgan fingerprint density at radius 2 is 1.62 bits per heavy atom. The zero-order chi connectivity index (χ0) is 17.9. The van der Waals surface area contributed by atoms with Gasteiger partial charge in [-0.1, -0.05) is 6.42 Å². The van der Waals surface area contributed by atoms with Crippen LogP contribution in [-0.2, 0) is 12.8 Å². The van der Waals surface area contributed by atoms with Crippen molar-refractivity contribution in [2.75, 3.05) is 45.2 Å². The number of anilines is 1. The summed E-state index contributed by atoms with van der Waals surface area (Å²) < 4.78 is 5.29. The Hall–Kier alpha value is -2.14. The molecule has 4 rings (SSSR count). The van der Waals surface area contributed by atoms with Crippen LogP contribution in [0.25, 0.3) is 11.4 Å². The number of nitrogens with zero attached hydrogens (tertiary/aromatic N) is 4. The predicted octanol–water partition coefficient (Wildman–Crippen LogP) is 3.17. The van der Waals surface area contributed by atoms with Crippen LogP contribution in [0.2, 0.25) is 0 Å². The molecule has 1 aromatic heterocycles. The van der Waals surface area contributed by atoms with Crippen LogP contribution < -0.4 is 9.64 Å². The molecule has 1 aromatic carbocycles. The smallest absolute Gasteiger partial charge is 0.161 e. The maximum atomic E-state index is 5.29. The lowest BCUT2D eigenvalue weighted by atomic mass is 10.1. The van der Waals surface area contributed by atoms with E-state index in [1.54, 1.807) is 7.11 Å². The largest absolute Gasteiger partial charge is 0.497 e. The fourth-order valence-electron chi connectivity index (χ4n) is 3.90. The molecule has 0 saturated carbocycles. The first-order valence-electron chi connectivity index (χ1n) is 9.72. The third-order valence-corrected chi connectivity index (χ3v) is 5.56. The van der Waals surface area contributed by atoms with E-state index in [-0.39, 0.29) is 0 Å². The second-order valence-electron chi connectivity index (χ2n) is 7.38. The van der Waals surface area contributed by atoms with Gasteiger partial charge in [-0.25, -0.2) is 9.97 Å². The summed E-state index contributed by atoms with van der Waals surface area (Å²) in [6, 6.07) is 8.09. The number of methoxy groups -OCH3 is 1.